The minimum atomic E-state index is -1.86. The van der Waals surface area contributed by atoms with E-state index in [-0.39, 0.29) is 20.1 Å². The van der Waals surface area contributed by atoms with Gasteiger partial charge < -0.3 is 8.98 Å². The first kappa shape index (κ1) is 42.8. The third-order valence-corrected chi connectivity index (χ3v) is 15.4. The van der Waals surface area contributed by atoms with Gasteiger partial charge in [-0.2, -0.15) is 0 Å². The summed E-state index contributed by atoms with van der Waals surface area (Å²) in [5.41, 5.74) is 14.2. The van der Waals surface area contributed by atoms with Gasteiger partial charge in [0.05, 0.1) is 28.1 Å². The molecule has 0 bridgehead atoms. The normalized spacial score (nSPS) is 11.5. The van der Waals surface area contributed by atoms with Crippen LogP contribution in [0.4, 0.5) is 0 Å². The Labute approximate surface area is 380 Å². The van der Waals surface area contributed by atoms with Crippen molar-refractivity contribution < 1.29 is 24.5 Å². The van der Waals surface area contributed by atoms with Crippen molar-refractivity contribution in [3.05, 3.63) is 187 Å². The van der Waals surface area contributed by atoms with Gasteiger partial charge in [0.1, 0.15) is 0 Å². The van der Waals surface area contributed by atoms with Crippen LogP contribution in [0.5, 0.6) is 0 Å². The zero-order valence-corrected chi connectivity index (χ0v) is 40.4. The molecule has 0 fully saturated rings. The van der Waals surface area contributed by atoms with Gasteiger partial charge in [-0.25, -0.2) is 4.98 Å². The first-order chi connectivity index (χ1) is 29.6. The number of aromatic nitrogens is 4. The van der Waals surface area contributed by atoms with Crippen LogP contribution >= 0.6 is 0 Å². The summed E-state index contributed by atoms with van der Waals surface area (Å²) in [5.74, 6) is 8.76. The number of aryl methyl sites for hydroxylation is 1. The Hall–Kier alpha value is -5.92. The molecule has 0 aliphatic rings. The molecular formula is C55H48GeIrN4O-2. The van der Waals surface area contributed by atoms with E-state index < -0.39 is 13.3 Å². The Bertz CT molecular complexity index is 3080. The smallest absolute Gasteiger partial charge is 0.216 e. The maximum atomic E-state index is 6.44. The first-order valence-corrected chi connectivity index (χ1v) is 28.4. The average molecular weight is 1050 g/mol. The fourth-order valence-corrected chi connectivity index (χ4v) is 11.6. The van der Waals surface area contributed by atoms with E-state index in [4.69, 9.17) is 14.4 Å². The van der Waals surface area contributed by atoms with Crippen LogP contribution in [0.15, 0.2) is 168 Å². The van der Waals surface area contributed by atoms with Gasteiger partial charge in [0.15, 0.2) is 0 Å². The number of benzene rings is 6. The fraction of sp³-hybridized carbons (Fsp3) is 0.145. The minimum Gasteiger partial charge on any atom is -0.486 e. The van der Waals surface area contributed by atoms with Crippen LogP contribution in [0, 0.1) is 25.0 Å². The number of rotatable bonds is 8. The van der Waals surface area contributed by atoms with Gasteiger partial charge in [-0.3, -0.25) is 4.98 Å². The van der Waals surface area contributed by atoms with Gasteiger partial charge in [0.25, 0.3) is 0 Å². The third-order valence-electron chi connectivity index (χ3n) is 11.1. The van der Waals surface area contributed by atoms with E-state index in [1.807, 2.05) is 49.4 Å². The maximum absolute atomic E-state index is 6.44. The predicted molar refractivity (Wildman–Crippen MR) is 256 cm³/mol. The molecule has 0 unspecified atom stereocenters. The van der Waals surface area contributed by atoms with E-state index in [0.717, 1.165) is 90.1 Å². The summed E-state index contributed by atoms with van der Waals surface area (Å²) in [6.45, 7) is 6.55. The second-order valence-corrected chi connectivity index (χ2v) is 27.6. The number of hydrogen-bond acceptors (Lipinski definition) is 4. The summed E-state index contributed by atoms with van der Waals surface area (Å²) < 4.78 is 10.3. The van der Waals surface area contributed by atoms with Crippen LogP contribution in [0.25, 0.3) is 83.7 Å². The number of nitrogens with zero attached hydrogens (tertiary/aromatic N) is 4. The Morgan fingerprint density at radius 1 is 0.677 bits per heavy atom. The number of imidazole rings is 1. The Balaban J connectivity index is 0.000000214. The summed E-state index contributed by atoms with van der Waals surface area (Å²) in [4.78, 5) is 14.6. The minimum absolute atomic E-state index is 0. The van der Waals surface area contributed by atoms with Crippen LogP contribution in [0.3, 0.4) is 0 Å². The van der Waals surface area contributed by atoms with Crippen molar-refractivity contribution in [3.8, 4) is 50.6 Å². The van der Waals surface area contributed by atoms with Crippen molar-refractivity contribution in [1.82, 2.24) is 19.5 Å². The Morgan fingerprint density at radius 2 is 1.35 bits per heavy atom. The van der Waals surface area contributed by atoms with Crippen LogP contribution in [-0.4, -0.2) is 32.8 Å². The quantitative estimate of drug-likeness (QED) is 0.112. The number of furan rings is 1. The summed E-state index contributed by atoms with van der Waals surface area (Å²) in [6.07, 6.45) is 3.27. The number of hydrogen-bond donors (Lipinski definition) is 0. The molecule has 0 saturated carbocycles. The largest absolute Gasteiger partial charge is 0.486 e. The molecule has 62 heavy (non-hydrogen) atoms. The van der Waals surface area contributed by atoms with E-state index >= 15 is 0 Å². The van der Waals surface area contributed by atoms with Gasteiger partial charge in [0.2, 0.25) is 5.71 Å². The molecule has 1 radical (unpaired) electrons. The monoisotopic (exact) mass is 1050 g/mol. The van der Waals surface area contributed by atoms with E-state index in [1.165, 1.54) is 5.56 Å². The second kappa shape index (κ2) is 18.2. The topological polar surface area (TPSA) is 56.7 Å². The van der Waals surface area contributed by atoms with Crippen molar-refractivity contribution in [2.75, 3.05) is 0 Å². The molecule has 0 aliphatic carbocycles. The third kappa shape index (κ3) is 8.60. The van der Waals surface area contributed by atoms with Crippen molar-refractivity contribution in [2.24, 2.45) is 5.92 Å². The molecule has 6 aromatic carbocycles. The van der Waals surface area contributed by atoms with E-state index in [0.29, 0.717) is 11.6 Å². The average Bonchev–Trinajstić information content (AvgIpc) is 3.85. The second-order valence-electron chi connectivity index (χ2n) is 17.0. The van der Waals surface area contributed by atoms with Crippen molar-refractivity contribution >= 4 is 50.8 Å². The Morgan fingerprint density at radius 3 is 2.02 bits per heavy atom. The molecule has 0 aliphatic heterocycles. The standard InChI is InChI=1S/C37H24N3O.C18H24GeN.Ir/c1-24-22-23-30-29-18-11-19-31(35(29)41-37(30)38-24)36-39-32-20-8-9-21-33(32)40(36)34-27(25-12-4-2-5-13-25)16-10-17-28(34)26-14-6-3-7-15-26;1-14(2)11-16-12-18(15-9-7-6-8-10-15)20-13-17(16)19(3,4)5;/h2-18,20-23H,1H3;6-9,12-14H,11H2,1-5H3;/q2*-1;. The molecule has 10 rings (SSSR count). The van der Waals surface area contributed by atoms with Crippen LogP contribution < -0.4 is 4.40 Å². The molecule has 7 heteroatoms. The van der Waals surface area contributed by atoms with Gasteiger partial charge in [0, 0.05) is 42.3 Å². The van der Waals surface area contributed by atoms with Crippen LogP contribution in [0.2, 0.25) is 17.3 Å². The summed E-state index contributed by atoms with van der Waals surface area (Å²) in [5, 5.41) is 1.98. The summed E-state index contributed by atoms with van der Waals surface area (Å²) in [7, 11) is 0. The molecule has 0 atom stereocenters. The zero-order valence-electron chi connectivity index (χ0n) is 35.9. The van der Waals surface area contributed by atoms with Crippen molar-refractivity contribution in [2.45, 2.75) is 44.5 Å². The Kier molecular flexibility index (Phi) is 12.6. The molecule has 0 spiro atoms. The van der Waals surface area contributed by atoms with Gasteiger partial charge >= 0.3 is 126 Å². The zero-order chi connectivity index (χ0) is 42.1. The fourth-order valence-electron chi connectivity index (χ4n) is 8.27. The molecule has 0 amide bonds. The summed E-state index contributed by atoms with van der Waals surface area (Å²) in [6, 6.07) is 61.1. The van der Waals surface area contributed by atoms with Gasteiger partial charge in [-0.1, -0.05) is 102 Å². The number of para-hydroxylation sites is 3. The maximum Gasteiger partial charge on any atom is 0.216 e. The SMILES string of the molecule is CC(C)Cc1cc(-c2[c-]cccc2)nc[c]1[Ge]([CH3])([CH3])[CH3].Cc1ccc2c(n1)oc1c(-c3nc4ccccc4n3-c3c(-c4ccccc4)cccc3-c3ccccc3)[c-]ccc12.[Ir]. The van der Waals surface area contributed by atoms with Crippen molar-refractivity contribution in [3.63, 3.8) is 0 Å². The molecule has 0 N–H and O–H groups in total. The molecule has 4 heterocycles. The van der Waals surface area contributed by atoms with Crippen LogP contribution in [-0.2, 0) is 26.5 Å². The molecule has 5 nitrogen and oxygen atoms in total. The predicted octanol–water partition coefficient (Wildman–Crippen LogP) is 13.7. The van der Waals surface area contributed by atoms with Crippen LogP contribution in [0.1, 0.15) is 25.1 Å². The molecule has 0 saturated heterocycles. The number of fused-ring (bicyclic) bond motifs is 4. The summed E-state index contributed by atoms with van der Waals surface area (Å²) >= 11 is -1.86. The first-order valence-electron chi connectivity index (χ1n) is 21.0. The molecule has 4 aromatic heterocycles. The van der Waals surface area contributed by atoms with E-state index in [1.54, 1.807) is 4.40 Å². The molecular weight excluding hydrogens is 997 g/mol. The van der Waals surface area contributed by atoms with Gasteiger partial charge in [-0.15, -0.1) is 18.2 Å². The number of pyridine rings is 2. The van der Waals surface area contributed by atoms with E-state index in [2.05, 4.69) is 174 Å². The molecule has 10 aromatic rings. The van der Waals surface area contributed by atoms with Gasteiger partial charge in [-0.05, 0) is 42.3 Å². The molecule has 309 valence electrons. The van der Waals surface area contributed by atoms with Crippen molar-refractivity contribution in [1.29, 1.82) is 0 Å². The van der Waals surface area contributed by atoms with E-state index in [9.17, 15) is 0 Å².